The zero-order valence-corrected chi connectivity index (χ0v) is 20.6. The standard InChI is InChI=1S/C26H29N5O3S/c1-17-8-9-21-22(15-17)28-24(27-21)19-5-4-12-31(16-19)26(32)18-10-13-30(14-11-18)25-20-6-2-3-7-23(20)35(33,34)29-25/h2-3,6-9,15,18-19H,4-5,10-14,16H2,1H3,(H,27,28). The van der Waals surface area contributed by atoms with E-state index in [0.717, 1.165) is 36.2 Å². The molecule has 9 heteroatoms. The van der Waals surface area contributed by atoms with E-state index in [0.29, 0.717) is 43.9 Å². The Morgan fingerprint density at radius 1 is 1.06 bits per heavy atom. The van der Waals surface area contributed by atoms with Crippen molar-refractivity contribution in [1.29, 1.82) is 0 Å². The average molecular weight is 492 g/mol. The van der Waals surface area contributed by atoms with Crippen LogP contribution in [0.25, 0.3) is 11.0 Å². The SMILES string of the molecule is Cc1ccc2nc(C3CCCN(C(=O)C4CCN(C5=NS(=O)(=O)c6ccccc65)CC4)C3)[nH]c2c1. The first-order chi connectivity index (χ1) is 16.9. The molecule has 3 aromatic rings. The number of imidazole rings is 1. The number of hydrogen-bond donors (Lipinski definition) is 1. The Balaban J connectivity index is 1.12. The number of aromatic amines is 1. The number of benzene rings is 2. The number of hydrogen-bond acceptors (Lipinski definition) is 5. The van der Waals surface area contributed by atoms with Crippen LogP contribution in [0.5, 0.6) is 0 Å². The van der Waals surface area contributed by atoms with Crippen molar-refractivity contribution in [3.63, 3.8) is 0 Å². The highest BCUT2D eigenvalue weighted by Gasteiger charge is 2.36. The van der Waals surface area contributed by atoms with Crippen LogP contribution >= 0.6 is 0 Å². The van der Waals surface area contributed by atoms with E-state index in [1.165, 1.54) is 5.56 Å². The molecule has 1 unspecified atom stereocenters. The molecule has 0 saturated carbocycles. The predicted octanol–water partition coefficient (Wildman–Crippen LogP) is 3.44. The number of amides is 1. The van der Waals surface area contributed by atoms with E-state index in [-0.39, 0.29) is 22.6 Å². The molecule has 8 nitrogen and oxygen atoms in total. The van der Waals surface area contributed by atoms with Gasteiger partial charge in [-0.2, -0.15) is 8.42 Å². The first-order valence-electron chi connectivity index (χ1n) is 12.3. The second-order valence-electron chi connectivity index (χ2n) is 9.91. The smallest absolute Gasteiger partial charge is 0.285 e. The van der Waals surface area contributed by atoms with Gasteiger partial charge in [0.1, 0.15) is 10.7 Å². The van der Waals surface area contributed by atoms with Crippen molar-refractivity contribution in [2.75, 3.05) is 26.2 Å². The largest absolute Gasteiger partial charge is 0.355 e. The molecule has 1 aromatic heterocycles. The van der Waals surface area contributed by atoms with Crippen molar-refractivity contribution in [3.8, 4) is 0 Å². The summed E-state index contributed by atoms with van der Waals surface area (Å²) in [5, 5.41) is 0. The highest BCUT2D eigenvalue weighted by Crippen LogP contribution is 2.32. The maximum Gasteiger partial charge on any atom is 0.285 e. The molecular weight excluding hydrogens is 462 g/mol. The normalized spacial score (nSPS) is 22.3. The molecule has 2 saturated heterocycles. The Kier molecular flexibility index (Phi) is 5.40. The van der Waals surface area contributed by atoms with E-state index in [9.17, 15) is 13.2 Å². The van der Waals surface area contributed by atoms with Gasteiger partial charge in [0.15, 0.2) is 5.84 Å². The number of aromatic nitrogens is 2. The van der Waals surface area contributed by atoms with Crippen molar-refractivity contribution in [2.24, 2.45) is 10.3 Å². The fourth-order valence-corrected chi connectivity index (χ4v) is 6.88. The minimum atomic E-state index is -3.63. The zero-order chi connectivity index (χ0) is 24.2. The maximum absolute atomic E-state index is 13.4. The van der Waals surface area contributed by atoms with Crippen LogP contribution in [-0.2, 0) is 14.8 Å². The first-order valence-corrected chi connectivity index (χ1v) is 13.8. The lowest BCUT2D eigenvalue weighted by Crippen LogP contribution is -2.47. The van der Waals surface area contributed by atoms with Gasteiger partial charge in [0.25, 0.3) is 10.0 Å². The molecule has 1 N–H and O–H groups in total. The van der Waals surface area contributed by atoms with Crippen molar-refractivity contribution >= 4 is 32.8 Å². The predicted molar refractivity (Wildman–Crippen MR) is 134 cm³/mol. The number of H-pyrrole nitrogens is 1. The van der Waals surface area contributed by atoms with Gasteiger partial charge < -0.3 is 14.8 Å². The summed E-state index contributed by atoms with van der Waals surface area (Å²) in [7, 11) is -3.63. The molecular formula is C26H29N5O3S. The number of fused-ring (bicyclic) bond motifs is 2. The van der Waals surface area contributed by atoms with Gasteiger partial charge in [-0.3, -0.25) is 4.79 Å². The van der Waals surface area contributed by atoms with Crippen LogP contribution in [0, 0.1) is 12.8 Å². The molecule has 4 heterocycles. The average Bonchev–Trinajstić information content (AvgIpc) is 3.42. The molecule has 1 atom stereocenters. The van der Waals surface area contributed by atoms with E-state index in [1.54, 1.807) is 12.1 Å². The molecule has 0 bridgehead atoms. The van der Waals surface area contributed by atoms with Crippen LogP contribution in [0.15, 0.2) is 51.8 Å². The van der Waals surface area contributed by atoms with E-state index >= 15 is 0 Å². The molecule has 0 aliphatic carbocycles. The molecule has 182 valence electrons. The van der Waals surface area contributed by atoms with Gasteiger partial charge in [0.05, 0.1) is 11.0 Å². The Morgan fingerprint density at radius 3 is 2.69 bits per heavy atom. The number of sulfonamides is 1. The molecule has 2 aromatic carbocycles. The number of amidine groups is 1. The molecule has 3 aliphatic rings. The third-order valence-corrected chi connectivity index (χ3v) is 8.86. The van der Waals surface area contributed by atoms with Crippen LogP contribution in [0.2, 0.25) is 0 Å². The third-order valence-electron chi connectivity index (χ3n) is 7.53. The second kappa shape index (κ2) is 8.48. The summed E-state index contributed by atoms with van der Waals surface area (Å²) in [6, 6.07) is 13.2. The molecule has 1 amide bonds. The molecule has 0 spiro atoms. The van der Waals surface area contributed by atoms with E-state index in [1.807, 2.05) is 28.0 Å². The summed E-state index contributed by atoms with van der Waals surface area (Å²) in [6.07, 6.45) is 3.39. The van der Waals surface area contributed by atoms with Gasteiger partial charge in [-0.15, -0.1) is 4.40 Å². The number of carbonyl (C=O) groups is 1. The van der Waals surface area contributed by atoms with E-state index in [4.69, 9.17) is 4.98 Å². The number of piperidine rings is 2. The van der Waals surface area contributed by atoms with Crippen molar-refractivity contribution in [2.45, 2.75) is 43.4 Å². The maximum atomic E-state index is 13.4. The second-order valence-corrected chi connectivity index (χ2v) is 11.5. The number of nitrogens with zero attached hydrogens (tertiary/aromatic N) is 4. The van der Waals surface area contributed by atoms with Gasteiger partial charge in [-0.1, -0.05) is 18.2 Å². The summed E-state index contributed by atoms with van der Waals surface area (Å²) in [5.74, 6) is 1.87. The number of aryl methyl sites for hydroxylation is 1. The fraction of sp³-hybridized carbons (Fsp3) is 0.423. The van der Waals surface area contributed by atoms with E-state index < -0.39 is 10.0 Å². The molecule has 3 aliphatic heterocycles. The Labute approximate surface area is 205 Å². The van der Waals surface area contributed by atoms with Crippen LogP contribution in [-0.4, -0.2) is 66.1 Å². The molecule has 6 rings (SSSR count). The van der Waals surface area contributed by atoms with Crippen LogP contribution < -0.4 is 0 Å². The number of nitrogens with one attached hydrogen (secondary N) is 1. The van der Waals surface area contributed by atoms with Gasteiger partial charge in [-0.25, -0.2) is 4.98 Å². The summed E-state index contributed by atoms with van der Waals surface area (Å²) in [6.45, 7) is 4.80. The fourth-order valence-electron chi connectivity index (χ4n) is 5.65. The van der Waals surface area contributed by atoms with Crippen LogP contribution in [0.4, 0.5) is 0 Å². The minimum absolute atomic E-state index is 0.0443. The minimum Gasteiger partial charge on any atom is -0.355 e. The highest BCUT2D eigenvalue weighted by molar-refractivity contribution is 7.90. The monoisotopic (exact) mass is 491 g/mol. The highest BCUT2D eigenvalue weighted by atomic mass is 32.2. The van der Waals surface area contributed by atoms with Gasteiger partial charge in [-0.05, 0) is 62.4 Å². The quantitative estimate of drug-likeness (QED) is 0.592. The number of carbonyl (C=O) groups excluding carboxylic acids is 1. The summed E-state index contributed by atoms with van der Waals surface area (Å²) in [4.78, 5) is 26.0. The molecule has 2 fully saturated rings. The first kappa shape index (κ1) is 22.3. The van der Waals surface area contributed by atoms with Gasteiger partial charge >= 0.3 is 0 Å². The Hall–Kier alpha value is -3.20. The van der Waals surface area contributed by atoms with Crippen LogP contribution in [0.3, 0.4) is 0 Å². The van der Waals surface area contributed by atoms with Gasteiger partial charge in [0, 0.05) is 43.6 Å². The van der Waals surface area contributed by atoms with E-state index in [2.05, 4.69) is 28.4 Å². The van der Waals surface area contributed by atoms with Gasteiger partial charge in [0.2, 0.25) is 5.91 Å². The lowest BCUT2D eigenvalue weighted by molar-refractivity contribution is -0.138. The summed E-state index contributed by atoms with van der Waals surface area (Å²) < 4.78 is 28.9. The van der Waals surface area contributed by atoms with Crippen molar-refractivity contribution in [1.82, 2.24) is 19.8 Å². The van der Waals surface area contributed by atoms with Crippen molar-refractivity contribution in [3.05, 3.63) is 59.4 Å². The lowest BCUT2D eigenvalue weighted by Gasteiger charge is -2.38. The number of likely N-dealkylation sites (tertiary alicyclic amines) is 2. The number of rotatable bonds is 2. The lowest BCUT2D eigenvalue weighted by atomic mass is 9.91. The van der Waals surface area contributed by atoms with Crippen LogP contribution in [0.1, 0.15) is 48.6 Å². The summed E-state index contributed by atoms with van der Waals surface area (Å²) >= 11 is 0. The van der Waals surface area contributed by atoms with Crippen molar-refractivity contribution < 1.29 is 13.2 Å². The molecule has 35 heavy (non-hydrogen) atoms. The Bertz CT molecular complexity index is 1440. The third kappa shape index (κ3) is 4.01. The topological polar surface area (TPSA) is 98.7 Å². The summed E-state index contributed by atoms with van der Waals surface area (Å²) in [5.41, 5.74) is 3.88. The Morgan fingerprint density at radius 2 is 1.86 bits per heavy atom. The zero-order valence-electron chi connectivity index (χ0n) is 19.8. The molecule has 0 radical (unpaired) electrons.